The van der Waals surface area contributed by atoms with Crippen molar-refractivity contribution in [1.29, 1.82) is 0 Å². The van der Waals surface area contributed by atoms with E-state index in [1.165, 1.54) is 11.3 Å². The van der Waals surface area contributed by atoms with E-state index in [1.807, 2.05) is 24.9 Å². The maximum absolute atomic E-state index is 5.54. The quantitative estimate of drug-likeness (QED) is 0.630. The summed E-state index contributed by atoms with van der Waals surface area (Å²) in [6.45, 7) is 2.38. The van der Waals surface area contributed by atoms with Gasteiger partial charge in [-0.15, -0.1) is 11.8 Å². The Kier molecular flexibility index (Phi) is 4.36. The van der Waals surface area contributed by atoms with Crippen LogP contribution in [0.4, 0.5) is 0 Å². The van der Waals surface area contributed by atoms with Gasteiger partial charge >= 0.3 is 0 Å². The molecule has 1 heterocycles. The highest BCUT2D eigenvalue weighted by atomic mass is 32.2. The van der Waals surface area contributed by atoms with Gasteiger partial charge in [0.15, 0.2) is 11.5 Å². The summed E-state index contributed by atoms with van der Waals surface area (Å²) in [5.74, 6) is 2.87. The fraction of sp³-hybridized carbons (Fsp3) is 0.500. The van der Waals surface area contributed by atoms with E-state index in [2.05, 4.69) is 17.4 Å². The van der Waals surface area contributed by atoms with E-state index < -0.39 is 0 Å². The van der Waals surface area contributed by atoms with Gasteiger partial charge in [-0.3, -0.25) is 0 Å². The van der Waals surface area contributed by atoms with E-state index >= 15 is 0 Å². The SMILES string of the molecule is CNCCCSc1ccc2c(c1)OCCO2. The Morgan fingerprint density at radius 2 is 2.06 bits per heavy atom. The van der Waals surface area contributed by atoms with Crippen LogP contribution in [0.25, 0.3) is 0 Å². The predicted octanol–water partition coefficient (Wildman–Crippen LogP) is 2.16. The number of nitrogens with one attached hydrogen (secondary N) is 1. The Labute approximate surface area is 101 Å². The first-order valence-electron chi connectivity index (χ1n) is 5.57. The van der Waals surface area contributed by atoms with Gasteiger partial charge in [0.1, 0.15) is 13.2 Å². The lowest BCUT2D eigenvalue weighted by Gasteiger charge is -2.18. The molecule has 1 aromatic carbocycles. The lowest BCUT2D eigenvalue weighted by Crippen LogP contribution is -2.15. The van der Waals surface area contributed by atoms with Crippen LogP contribution in [-0.4, -0.2) is 32.6 Å². The third-order valence-electron chi connectivity index (χ3n) is 2.35. The average molecular weight is 239 g/mol. The summed E-state index contributed by atoms with van der Waals surface area (Å²) in [6.07, 6.45) is 1.18. The summed E-state index contributed by atoms with van der Waals surface area (Å²) >= 11 is 1.86. The van der Waals surface area contributed by atoms with Crippen LogP contribution in [0.15, 0.2) is 23.1 Å². The number of benzene rings is 1. The van der Waals surface area contributed by atoms with Gasteiger partial charge < -0.3 is 14.8 Å². The summed E-state index contributed by atoms with van der Waals surface area (Å²) in [7, 11) is 1.98. The zero-order valence-electron chi connectivity index (χ0n) is 9.49. The van der Waals surface area contributed by atoms with Crippen molar-refractivity contribution in [2.75, 3.05) is 32.6 Å². The third kappa shape index (κ3) is 3.06. The minimum absolute atomic E-state index is 0.654. The molecular formula is C12H17NO2S. The first kappa shape index (κ1) is 11.6. The molecule has 0 fully saturated rings. The van der Waals surface area contributed by atoms with Crippen LogP contribution < -0.4 is 14.8 Å². The maximum Gasteiger partial charge on any atom is 0.162 e. The highest BCUT2D eigenvalue weighted by Gasteiger charge is 2.11. The molecule has 0 aliphatic carbocycles. The molecule has 0 saturated heterocycles. The zero-order chi connectivity index (χ0) is 11.2. The van der Waals surface area contributed by atoms with E-state index in [-0.39, 0.29) is 0 Å². The molecule has 0 unspecified atom stereocenters. The first-order valence-corrected chi connectivity index (χ1v) is 6.56. The molecular weight excluding hydrogens is 222 g/mol. The molecule has 2 rings (SSSR count). The Hall–Kier alpha value is -0.870. The number of hydrogen-bond acceptors (Lipinski definition) is 4. The summed E-state index contributed by atoms with van der Waals surface area (Å²) < 4.78 is 11.0. The number of hydrogen-bond donors (Lipinski definition) is 1. The largest absolute Gasteiger partial charge is 0.486 e. The number of rotatable bonds is 5. The monoisotopic (exact) mass is 239 g/mol. The van der Waals surface area contributed by atoms with Gasteiger partial charge in [0, 0.05) is 4.90 Å². The molecule has 0 saturated carbocycles. The van der Waals surface area contributed by atoms with Crippen LogP contribution in [0.2, 0.25) is 0 Å². The van der Waals surface area contributed by atoms with Crippen molar-refractivity contribution in [1.82, 2.24) is 5.32 Å². The van der Waals surface area contributed by atoms with Crippen LogP contribution in [0, 0.1) is 0 Å². The third-order valence-corrected chi connectivity index (χ3v) is 3.43. The lowest BCUT2D eigenvalue weighted by molar-refractivity contribution is 0.171. The van der Waals surface area contributed by atoms with E-state index in [4.69, 9.17) is 9.47 Å². The Morgan fingerprint density at radius 1 is 1.25 bits per heavy atom. The number of thioether (sulfide) groups is 1. The van der Waals surface area contributed by atoms with Gasteiger partial charge in [0.05, 0.1) is 0 Å². The van der Waals surface area contributed by atoms with Crippen LogP contribution in [0.5, 0.6) is 11.5 Å². The van der Waals surface area contributed by atoms with Gasteiger partial charge in [0.2, 0.25) is 0 Å². The first-order chi connectivity index (χ1) is 7.90. The molecule has 0 radical (unpaired) electrons. The standard InChI is InChI=1S/C12H17NO2S/c1-13-5-2-8-16-10-3-4-11-12(9-10)15-7-6-14-11/h3-4,9,13H,2,5-8H2,1H3. The van der Waals surface area contributed by atoms with E-state index in [0.29, 0.717) is 13.2 Å². The normalized spacial score (nSPS) is 13.8. The molecule has 1 aliphatic heterocycles. The van der Waals surface area contributed by atoms with Crippen LogP contribution in [0.1, 0.15) is 6.42 Å². The van der Waals surface area contributed by atoms with Crippen molar-refractivity contribution in [3.05, 3.63) is 18.2 Å². The number of fused-ring (bicyclic) bond motifs is 1. The van der Waals surface area contributed by atoms with E-state index in [0.717, 1.165) is 23.8 Å². The lowest BCUT2D eigenvalue weighted by atomic mass is 10.3. The second kappa shape index (κ2) is 6.01. The minimum atomic E-state index is 0.654. The van der Waals surface area contributed by atoms with Crippen molar-refractivity contribution in [3.63, 3.8) is 0 Å². The average Bonchev–Trinajstić information content (AvgIpc) is 2.34. The van der Waals surface area contributed by atoms with E-state index in [1.54, 1.807) is 0 Å². The maximum atomic E-state index is 5.54. The molecule has 88 valence electrons. The summed E-state index contributed by atoms with van der Waals surface area (Å²) in [5.41, 5.74) is 0. The summed E-state index contributed by atoms with van der Waals surface area (Å²) in [4.78, 5) is 1.25. The van der Waals surface area contributed by atoms with Crippen LogP contribution in [-0.2, 0) is 0 Å². The highest BCUT2D eigenvalue weighted by Crippen LogP contribution is 2.34. The molecule has 0 atom stereocenters. The molecule has 0 aromatic heterocycles. The molecule has 0 amide bonds. The minimum Gasteiger partial charge on any atom is -0.486 e. The van der Waals surface area contributed by atoms with Gasteiger partial charge in [0.25, 0.3) is 0 Å². The second-order valence-electron chi connectivity index (χ2n) is 3.61. The van der Waals surface area contributed by atoms with Crippen molar-refractivity contribution in [3.8, 4) is 11.5 Å². The molecule has 0 spiro atoms. The number of ether oxygens (including phenoxy) is 2. The van der Waals surface area contributed by atoms with Crippen LogP contribution in [0.3, 0.4) is 0 Å². The molecule has 1 aromatic rings. The van der Waals surface area contributed by atoms with Crippen molar-refractivity contribution in [2.24, 2.45) is 0 Å². The molecule has 1 N–H and O–H groups in total. The Morgan fingerprint density at radius 3 is 2.88 bits per heavy atom. The van der Waals surface area contributed by atoms with Crippen molar-refractivity contribution < 1.29 is 9.47 Å². The van der Waals surface area contributed by atoms with Crippen molar-refractivity contribution >= 4 is 11.8 Å². The summed E-state index contributed by atoms with van der Waals surface area (Å²) in [5, 5.41) is 3.15. The smallest absolute Gasteiger partial charge is 0.162 e. The van der Waals surface area contributed by atoms with Gasteiger partial charge in [-0.2, -0.15) is 0 Å². The Balaban J connectivity index is 1.90. The van der Waals surface area contributed by atoms with Gasteiger partial charge in [-0.05, 0) is 44.0 Å². The van der Waals surface area contributed by atoms with Crippen molar-refractivity contribution in [2.45, 2.75) is 11.3 Å². The summed E-state index contributed by atoms with van der Waals surface area (Å²) in [6, 6.07) is 6.16. The van der Waals surface area contributed by atoms with Gasteiger partial charge in [-0.25, -0.2) is 0 Å². The molecule has 0 bridgehead atoms. The molecule has 4 heteroatoms. The molecule has 1 aliphatic rings. The predicted molar refractivity (Wildman–Crippen MR) is 66.7 cm³/mol. The second-order valence-corrected chi connectivity index (χ2v) is 4.78. The molecule has 16 heavy (non-hydrogen) atoms. The fourth-order valence-electron chi connectivity index (χ4n) is 1.55. The zero-order valence-corrected chi connectivity index (χ0v) is 10.3. The fourth-order valence-corrected chi connectivity index (χ4v) is 2.43. The van der Waals surface area contributed by atoms with Crippen LogP contribution >= 0.6 is 11.8 Å². The topological polar surface area (TPSA) is 30.5 Å². The highest BCUT2D eigenvalue weighted by molar-refractivity contribution is 7.99. The molecule has 3 nitrogen and oxygen atoms in total. The van der Waals surface area contributed by atoms with E-state index in [9.17, 15) is 0 Å². The van der Waals surface area contributed by atoms with Gasteiger partial charge in [-0.1, -0.05) is 0 Å². The Bertz CT molecular complexity index is 344.